The zero-order chi connectivity index (χ0) is 14.9. The Hall–Kier alpha value is -1.26. The van der Waals surface area contributed by atoms with Gasteiger partial charge in [-0.1, -0.05) is 18.0 Å². The van der Waals surface area contributed by atoms with Gasteiger partial charge in [-0.2, -0.15) is 0 Å². The first-order chi connectivity index (χ1) is 10.2. The standard InChI is InChI=1S/C16H20ClNO3/c1-20-14-6-5-12(11-13(14)17)15(19)18-9-10-21-16(18)7-3-2-4-8-16/h5-6,11H,2-4,7-10H2,1H3. The lowest BCUT2D eigenvalue weighted by Crippen LogP contribution is -2.49. The summed E-state index contributed by atoms with van der Waals surface area (Å²) in [5.41, 5.74) is 0.207. The SMILES string of the molecule is COc1ccc(C(=O)N2CCOC23CCCCC3)cc1Cl. The second kappa shape index (κ2) is 5.85. The first-order valence-corrected chi connectivity index (χ1v) is 7.83. The highest BCUT2D eigenvalue weighted by Gasteiger charge is 2.45. The Morgan fingerprint density at radius 1 is 1.33 bits per heavy atom. The van der Waals surface area contributed by atoms with E-state index in [1.807, 2.05) is 4.90 Å². The third-order valence-corrected chi connectivity index (χ3v) is 4.75. The van der Waals surface area contributed by atoms with E-state index in [0.717, 1.165) is 25.7 Å². The number of methoxy groups -OCH3 is 1. The summed E-state index contributed by atoms with van der Waals surface area (Å²) < 4.78 is 11.1. The summed E-state index contributed by atoms with van der Waals surface area (Å²) in [6.45, 7) is 1.28. The normalized spacial score (nSPS) is 20.8. The highest BCUT2D eigenvalue weighted by molar-refractivity contribution is 6.32. The molecule has 3 rings (SSSR count). The van der Waals surface area contributed by atoms with Crippen molar-refractivity contribution < 1.29 is 14.3 Å². The van der Waals surface area contributed by atoms with Gasteiger partial charge >= 0.3 is 0 Å². The van der Waals surface area contributed by atoms with Crippen LogP contribution in [0, 0.1) is 0 Å². The summed E-state index contributed by atoms with van der Waals surface area (Å²) in [6, 6.07) is 5.18. The maximum Gasteiger partial charge on any atom is 0.256 e. The second-order valence-electron chi connectivity index (χ2n) is 5.66. The molecule has 1 spiro atoms. The van der Waals surface area contributed by atoms with Crippen molar-refractivity contribution in [2.75, 3.05) is 20.3 Å². The Labute approximate surface area is 130 Å². The van der Waals surface area contributed by atoms with E-state index in [9.17, 15) is 4.79 Å². The molecule has 1 aromatic carbocycles. The number of carbonyl (C=O) groups excluding carboxylic acids is 1. The monoisotopic (exact) mass is 309 g/mol. The molecule has 0 radical (unpaired) electrons. The number of carbonyl (C=O) groups is 1. The van der Waals surface area contributed by atoms with Gasteiger partial charge in [0.2, 0.25) is 0 Å². The zero-order valence-corrected chi connectivity index (χ0v) is 13.0. The lowest BCUT2D eigenvalue weighted by molar-refractivity contribution is -0.0919. The van der Waals surface area contributed by atoms with Crippen LogP contribution in [-0.2, 0) is 4.74 Å². The molecule has 1 aliphatic heterocycles. The molecule has 5 heteroatoms. The van der Waals surface area contributed by atoms with Crippen molar-refractivity contribution in [1.29, 1.82) is 0 Å². The smallest absolute Gasteiger partial charge is 0.256 e. The Bertz CT molecular complexity index is 540. The number of hydrogen-bond acceptors (Lipinski definition) is 3. The van der Waals surface area contributed by atoms with Crippen LogP contribution in [0.25, 0.3) is 0 Å². The highest BCUT2D eigenvalue weighted by atomic mass is 35.5. The molecule has 1 saturated heterocycles. The van der Waals surface area contributed by atoms with E-state index in [-0.39, 0.29) is 11.6 Å². The molecule has 0 N–H and O–H groups in total. The maximum atomic E-state index is 12.8. The van der Waals surface area contributed by atoms with Crippen molar-refractivity contribution in [3.8, 4) is 5.75 Å². The Kier molecular flexibility index (Phi) is 4.09. The van der Waals surface area contributed by atoms with Crippen molar-refractivity contribution >= 4 is 17.5 Å². The van der Waals surface area contributed by atoms with Gasteiger partial charge in [0.15, 0.2) is 0 Å². The summed E-state index contributed by atoms with van der Waals surface area (Å²) in [5.74, 6) is 0.581. The van der Waals surface area contributed by atoms with E-state index >= 15 is 0 Å². The Balaban J connectivity index is 1.85. The molecule has 0 atom stereocenters. The molecule has 2 fully saturated rings. The van der Waals surface area contributed by atoms with Crippen LogP contribution in [0.3, 0.4) is 0 Å². The van der Waals surface area contributed by atoms with Gasteiger partial charge in [-0.25, -0.2) is 0 Å². The fourth-order valence-corrected chi connectivity index (χ4v) is 3.63. The Morgan fingerprint density at radius 2 is 2.10 bits per heavy atom. The maximum absolute atomic E-state index is 12.8. The van der Waals surface area contributed by atoms with E-state index in [0.29, 0.717) is 29.5 Å². The molecular weight excluding hydrogens is 290 g/mol. The molecule has 1 aliphatic carbocycles. The highest BCUT2D eigenvalue weighted by Crippen LogP contribution is 2.39. The van der Waals surface area contributed by atoms with Crippen LogP contribution >= 0.6 is 11.6 Å². The molecule has 0 bridgehead atoms. The van der Waals surface area contributed by atoms with Crippen molar-refractivity contribution in [3.63, 3.8) is 0 Å². The summed E-state index contributed by atoms with van der Waals surface area (Å²) in [6.07, 6.45) is 5.33. The summed E-state index contributed by atoms with van der Waals surface area (Å²) >= 11 is 6.13. The number of nitrogens with zero attached hydrogens (tertiary/aromatic N) is 1. The van der Waals surface area contributed by atoms with Crippen molar-refractivity contribution in [2.45, 2.75) is 37.8 Å². The largest absolute Gasteiger partial charge is 0.495 e. The number of rotatable bonds is 2. The minimum atomic E-state index is -0.387. The third-order valence-electron chi connectivity index (χ3n) is 4.46. The van der Waals surface area contributed by atoms with Gasteiger partial charge in [-0.05, 0) is 43.9 Å². The van der Waals surface area contributed by atoms with Gasteiger partial charge in [0.1, 0.15) is 11.5 Å². The minimum absolute atomic E-state index is 0.000969. The van der Waals surface area contributed by atoms with Gasteiger partial charge in [0.25, 0.3) is 5.91 Å². The quantitative estimate of drug-likeness (QED) is 0.839. The van der Waals surface area contributed by atoms with Gasteiger partial charge in [-0.15, -0.1) is 0 Å². The van der Waals surface area contributed by atoms with Gasteiger partial charge in [-0.3, -0.25) is 4.79 Å². The van der Waals surface area contributed by atoms with Crippen LogP contribution in [0.4, 0.5) is 0 Å². The van der Waals surface area contributed by atoms with Crippen molar-refractivity contribution in [3.05, 3.63) is 28.8 Å². The molecule has 21 heavy (non-hydrogen) atoms. The number of hydrogen-bond donors (Lipinski definition) is 0. The van der Waals surface area contributed by atoms with Crippen molar-refractivity contribution in [1.82, 2.24) is 4.90 Å². The molecule has 2 aliphatic rings. The predicted octanol–water partition coefficient (Wildman–Crippen LogP) is 3.48. The Morgan fingerprint density at radius 3 is 2.76 bits per heavy atom. The number of halogens is 1. The van der Waals surface area contributed by atoms with Gasteiger partial charge in [0, 0.05) is 12.1 Å². The molecule has 1 saturated carbocycles. The molecule has 1 heterocycles. The molecule has 4 nitrogen and oxygen atoms in total. The predicted molar refractivity (Wildman–Crippen MR) is 80.8 cm³/mol. The number of amides is 1. The van der Waals surface area contributed by atoms with Crippen LogP contribution in [0.2, 0.25) is 5.02 Å². The second-order valence-corrected chi connectivity index (χ2v) is 6.07. The van der Waals surface area contributed by atoms with E-state index in [1.165, 1.54) is 6.42 Å². The molecule has 114 valence electrons. The lowest BCUT2D eigenvalue weighted by atomic mass is 9.90. The van der Waals surface area contributed by atoms with Crippen molar-refractivity contribution in [2.24, 2.45) is 0 Å². The topological polar surface area (TPSA) is 38.8 Å². The zero-order valence-electron chi connectivity index (χ0n) is 12.2. The molecule has 1 aromatic rings. The summed E-state index contributed by atoms with van der Waals surface area (Å²) in [4.78, 5) is 14.7. The van der Waals surface area contributed by atoms with E-state index in [2.05, 4.69) is 0 Å². The van der Waals surface area contributed by atoms with Crippen LogP contribution in [0.1, 0.15) is 42.5 Å². The van der Waals surface area contributed by atoms with E-state index in [4.69, 9.17) is 21.1 Å². The fraction of sp³-hybridized carbons (Fsp3) is 0.562. The van der Waals surface area contributed by atoms with E-state index < -0.39 is 0 Å². The fourth-order valence-electron chi connectivity index (χ4n) is 3.37. The molecule has 1 amide bonds. The lowest BCUT2D eigenvalue weighted by Gasteiger charge is -2.40. The average molecular weight is 310 g/mol. The molecular formula is C16H20ClNO3. The first kappa shape index (κ1) is 14.7. The first-order valence-electron chi connectivity index (χ1n) is 7.46. The van der Waals surface area contributed by atoms with Gasteiger partial charge < -0.3 is 14.4 Å². The van der Waals surface area contributed by atoms with Crippen LogP contribution < -0.4 is 4.74 Å². The van der Waals surface area contributed by atoms with Gasteiger partial charge in [0.05, 0.1) is 18.7 Å². The third kappa shape index (κ3) is 2.62. The van der Waals surface area contributed by atoms with Crippen LogP contribution in [-0.4, -0.2) is 36.8 Å². The molecule has 0 unspecified atom stereocenters. The average Bonchev–Trinajstić information content (AvgIpc) is 2.90. The minimum Gasteiger partial charge on any atom is -0.495 e. The van der Waals surface area contributed by atoms with E-state index in [1.54, 1.807) is 25.3 Å². The number of benzene rings is 1. The summed E-state index contributed by atoms with van der Waals surface area (Å²) in [5, 5.41) is 0.459. The molecule has 0 aromatic heterocycles. The summed E-state index contributed by atoms with van der Waals surface area (Å²) in [7, 11) is 1.56. The number of ether oxygens (including phenoxy) is 2. The van der Waals surface area contributed by atoms with Crippen LogP contribution in [0.15, 0.2) is 18.2 Å². The van der Waals surface area contributed by atoms with Crippen LogP contribution in [0.5, 0.6) is 5.75 Å².